The minimum atomic E-state index is -0.265. The van der Waals surface area contributed by atoms with Gasteiger partial charge in [-0.3, -0.25) is 4.79 Å². The lowest BCUT2D eigenvalue weighted by molar-refractivity contribution is 0.102. The lowest BCUT2D eigenvalue weighted by Gasteiger charge is -2.06. The molecule has 2 aromatic rings. The van der Waals surface area contributed by atoms with Gasteiger partial charge in [0.05, 0.1) is 12.4 Å². The first-order valence-electron chi connectivity index (χ1n) is 6.24. The Labute approximate surface area is 122 Å². The van der Waals surface area contributed by atoms with Crippen LogP contribution in [0.1, 0.15) is 17.4 Å². The summed E-state index contributed by atoms with van der Waals surface area (Å²) in [6.45, 7) is 2.74. The number of aromatic nitrogens is 2. The molecule has 0 fully saturated rings. The van der Waals surface area contributed by atoms with E-state index in [1.165, 1.54) is 6.20 Å². The van der Waals surface area contributed by atoms with Crippen LogP contribution in [-0.2, 0) is 0 Å². The van der Waals surface area contributed by atoms with E-state index in [2.05, 4.69) is 20.6 Å². The molecule has 2 rings (SSSR count). The minimum absolute atomic E-state index is 0.265. The van der Waals surface area contributed by atoms with Crippen molar-refractivity contribution in [2.45, 2.75) is 11.8 Å². The molecule has 0 saturated carbocycles. The molecular formula is C14H16N4OS. The van der Waals surface area contributed by atoms with Crippen molar-refractivity contribution in [1.29, 1.82) is 0 Å². The fourth-order valence-electron chi connectivity index (χ4n) is 1.61. The Morgan fingerprint density at radius 3 is 2.80 bits per heavy atom. The number of benzene rings is 1. The fraction of sp³-hybridized carbons (Fsp3) is 0.214. The second-order valence-electron chi connectivity index (χ2n) is 4.00. The number of carbonyl (C=O) groups excluding carboxylic acids is 1. The summed E-state index contributed by atoms with van der Waals surface area (Å²) < 4.78 is 0. The van der Waals surface area contributed by atoms with Crippen molar-refractivity contribution in [3.8, 4) is 0 Å². The van der Waals surface area contributed by atoms with Gasteiger partial charge in [-0.05, 0) is 31.4 Å². The highest BCUT2D eigenvalue weighted by molar-refractivity contribution is 7.98. The Morgan fingerprint density at radius 1 is 1.30 bits per heavy atom. The third kappa shape index (κ3) is 3.71. The molecule has 0 aliphatic carbocycles. The molecule has 104 valence electrons. The topological polar surface area (TPSA) is 66.9 Å². The maximum atomic E-state index is 12.0. The van der Waals surface area contributed by atoms with Crippen molar-refractivity contribution < 1.29 is 4.79 Å². The molecule has 0 aliphatic rings. The van der Waals surface area contributed by atoms with E-state index in [0.29, 0.717) is 11.5 Å². The fourth-order valence-corrected chi connectivity index (χ4v) is 2.07. The number of hydrogen-bond donors (Lipinski definition) is 2. The molecule has 2 N–H and O–H groups in total. The summed E-state index contributed by atoms with van der Waals surface area (Å²) in [6.07, 6.45) is 5.01. The smallest absolute Gasteiger partial charge is 0.275 e. The SMILES string of the molecule is CCNc1cnc(C(=O)Nc2cccc(SC)c2)cn1. The largest absolute Gasteiger partial charge is 0.369 e. The van der Waals surface area contributed by atoms with E-state index in [1.807, 2.05) is 37.4 Å². The molecular weight excluding hydrogens is 272 g/mol. The van der Waals surface area contributed by atoms with E-state index in [9.17, 15) is 4.79 Å². The lowest BCUT2D eigenvalue weighted by atomic mass is 10.3. The molecule has 20 heavy (non-hydrogen) atoms. The maximum absolute atomic E-state index is 12.0. The zero-order valence-electron chi connectivity index (χ0n) is 11.4. The van der Waals surface area contributed by atoms with Crippen LogP contribution in [0.3, 0.4) is 0 Å². The highest BCUT2D eigenvalue weighted by Gasteiger charge is 2.08. The van der Waals surface area contributed by atoms with Crippen LogP contribution in [-0.4, -0.2) is 28.7 Å². The highest BCUT2D eigenvalue weighted by Crippen LogP contribution is 2.19. The van der Waals surface area contributed by atoms with Gasteiger partial charge in [0, 0.05) is 17.1 Å². The number of rotatable bonds is 5. The summed E-state index contributed by atoms with van der Waals surface area (Å²) in [4.78, 5) is 21.4. The zero-order valence-corrected chi connectivity index (χ0v) is 12.2. The predicted octanol–water partition coefficient (Wildman–Crippen LogP) is 2.88. The van der Waals surface area contributed by atoms with Crippen molar-refractivity contribution in [3.63, 3.8) is 0 Å². The first kappa shape index (κ1) is 14.3. The minimum Gasteiger partial charge on any atom is -0.369 e. The quantitative estimate of drug-likeness (QED) is 0.828. The van der Waals surface area contributed by atoms with Gasteiger partial charge < -0.3 is 10.6 Å². The van der Waals surface area contributed by atoms with Crippen LogP contribution < -0.4 is 10.6 Å². The number of carbonyl (C=O) groups is 1. The summed E-state index contributed by atoms with van der Waals surface area (Å²) in [5.41, 5.74) is 1.04. The van der Waals surface area contributed by atoms with Crippen LogP contribution in [0, 0.1) is 0 Å². The molecule has 1 aromatic heterocycles. The van der Waals surface area contributed by atoms with Crippen molar-refractivity contribution in [2.24, 2.45) is 0 Å². The van der Waals surface area contributed by atoms with E-state index >= 15 is 0 Å². The molecule has 0 unspecified atom stereocenters. The lowest BCUT2D eigenvalue weighted by Crippen LogP contribution is -2.14. The first-order valence-corrected chi connectivity index (χ1v) is 7.46. The third-order valence-electron chi connectivity index (χ3n) is 2.57. The number of anilines is 2. The number of nitrogens with zero attached hydrogens (tertiary/aromatic N) is 2. The molecule has 0 radical (unpaired) electrons. The molecule has 0 bridgehead atoms. The summed E-state index contributed by atoms with van der Waals surface area (Å²) in [5, 5.41) is 5.84. The van der Waals surface area contributed by atoms with Crippen LogP contribution in [0.25, 0.3) is 0 Å². The second kappa shape index (κ2) is 6.91. The van der Waals surface area contributed by atoms with Crippen molar-refractivity contribution in [2.75, 3.05) is 23.4 Å². The van der Waals surface area contributed by atoms with E-state index in [1.54, 1.807) is 18.0 Å². The van der Waals surface area contributed by atoms with Crippen LogP contribution >= 0.6 is 11.8 Å². The molecule has 6 heteroatoms. The van der Waals surface area contributed by atoms with Gasteiger partial charge in [0.1, 0.15) is 11.5 Å². The van der Waals surface area contributed by atoms with E-state index < -0.39 is 0 Å². The van der Waals surface area contributed by atoms with E-state index in [4.69, 9.17) is 0 Å². The molecule has 5 nitrogen and oxygen atoms in total. The van der Waals surface area contributed by atoms with E-state index in [-0.39, 0.29) is 5.91 Å². The molecule has 0 aliphatic heterocycles. The molecule has 0 spiro atoms. The number of nitrogens with one attached hydrogen (secondary N) is 2. The number of amides is 1. The molecule has 0 saturated heterocycles. The summed E-state index contributed by atoms with van der Waals surface area (Å²) in [5.74, 6) is 0.396. The van der Waals surface area contributed by atoms with Crippen molar-refractivity contribution in [1.82, 2.24) is 9.97 Å². The van der Waals surface area contributed by atoms with E-state index in [0.717, 1.165) is 17.1 Å². The molecule has 1 amide bonds. The van der Waals surface area contributed by atoms with Gasteiger partial charge >= 0.3 is 0 Å². The van der Waals surface area contributed by atoms with Gasteiger partial charge in [0.25, 0.3) is 5.91 Å². The van der Waals surface area contributed by atoms with Crippen molar-refractivity contribution >= 4 is 29.2 Å². The Morgan fingerprint density at radius 2 is 2.15 bits per heavy atom. The second-order valence-corrected chi connectivity index (χ2v) is 4.88. The predicted molar refractivity (Wildman–Crippen MR) is 82.4 cm³/mol. The summed E-state index contributed by atoms with van der Waals surface area (Å²) >= 11 is 1.63. The zero-order chi connectivity index (χ0) is 14.4. The summed E-state index contributed by atoms with van der Waals surface area (Å²) in [6, 6.07) is 7.66. The molecule has 1 heterocycles. The molecule has 1 aromatic carbocycles. The average molecular weight is 288 g/mol. The Bertz CT molecular complexity index is 586. The maximum Gasteiger partial charge on any atom is 0.275 e. The highest BCUT2D eigenvalue weighted by atomic mass is 32.2. The monoisotopic (exact) mass is 288 g/mol. The number of thioether (sulfide) groups is 1. The summed E-state index contributed by atoms with van der Waals surface area (Å²) in [7, 11) is 0. The average Bonchev–Trinajstić information content (AvgIpc) is 2.48. The van der Waals surface area contributed by atoms with Gasteiger partial charge in [-0.25, -0.2) is 9.97 Å². The normalized spacial score (nSPS) is 10.1. The molecule has 0 atom stereocenters. The third-order valence-corrected chi connectivity index (χ3v) is 3.30. The Balaban J connectivity index is 2.07. The van der Waals surface area contributed by atoms with Gasteiger partial charge in [0.2, 0.25) is 0 Å². The first-order chi connectivity index (χ1) is 9.72. The van der Waals surface area contributed by atoms with Crippen LogP contribution in [0.5, 0.6) is 0 Å². The van der Waals surface area contributed by atoms with Crippen LogP contribution in [0.2, 0.25) is 0 Å². The van der Waals surface area contributed by atoms with Crippen molar-refractivity contribution in [3.05, 3.63) is 42.4 Å². The number of hydrogen-bond acceptors (Lipinski definition) is 5. The standard InChI is InChI=1S/C14H16N4OS/c1-3-15-13-9-16-12(8-17-13)14(19)18-10-5-4-6-11(7-10)20-2/h4-9H,3H2,1-2H3,(H,15,17)(H,18,19). The van der Waals surface area contributed by atoms with Gasteiger partial charge in [0.15, 0.2) is 0 Å². The Hall–Kier alpha value is -2.08. The van der Waals surface area contributed by atoms with Gasteiger partial charge in [-0.1, -0.05) is 6.07 Å². The van der Waals surface area contributed by atoms with Gasteiger partial charge in [-0.15, -0.1) is 11.8 Å². The Kier molecular flexibility index (Phi) is 4.95. The van der Waals surface area contributed by atoms with Gasteiger partial charge in [-0.2, -0.15) is 0 Å². The van der Waals surface area contributed by atoms with Crippen LogP contribution in [0.15, 0.2) is 41.6 Å². The van der Waals surface area contributed by atoms with Crippen LogP contribution in [0.4, 0.5) is 11.5 Å².